The standard InChI is InChI=1S/C57H68O18Si/c1-54(2,3)52(62)66-33-41-43-44(75-76(74-41,55(4,5)6)56(7,8)9)39(68-47(58)35-24-16-12-17-25-35)32-57(73-43,53(63)65-11)67-34-40-42(70-48(59)36-26-18-13-19-27-36)45(71-49(60)37-28-20-14-21-29-37)46(51(64-10)69-40)72-50(61)38-30-22-15-23-31-38/h12-31,39-46,51H,32-34H2,1-11H3/t39-,40-,41?,42-,43-,44-,45+,46-,51+,57?/m1/s1. The van der Waals surface area contributed by atoms with Gasteiger partial charge in [-0.15, -0.1) is 0 Å². The Kier molecular flexibility index (Phi) is 17.7. The van der Waals surface area contributed by atoms with Gasteiger partial charge in [-0.3, -0.25) is 4.79 Å². The second-order valence-corrected chi connectivity index (χ2v) is 26.5. The van der Waals surface area contributed by atoms with Gasteiger partial charge in [-0.2, -0.15) is 0 Å². The highest BCUT2D eigenvalue weighted by Crippen LogP contribution is 2.57. The van der Waals surface area contributed by atoms with Crippen LogP contribution in [0.15, 0.2) is 121 Å². The predicted molar refractivity (Wildman–Crippen MR) is 274 cm³/mol. The first-order valence-electron chi connectivity index (χ1n) is 25.1. The zero-order valence-electron chi connectivity index (χ0n) is 44.7. The summed E-state index contributed by atoms with van der Waals surface area (Å²) in [6.07, 6.45) is -13.6. The largest absolute Gasteiger partial charge is 0.465 e. The van der Waals surface area contributed by atoms with Crippen molar-refractivity contribution in [2.24, 2.45) is 5.41 Å². The van der Waals surface area contributed by atoms with Crippen molar-refractivity contribution in [3.8, 4) is 0 Å². The number of ether oxygens (including phenoxy) is 10. The van der Waals surface area contributed by atoms with Crippen LogP contribution in [0, 0.1) is 5.41 Å². The Morgan fingerprint density at radius 2 is 0.974 bits per heavy atom. The van der Waals surface area contributed by atoms with E-state index in [2.05, 4.69) is 0 Å². The summed E-state index contributed by atoms with van der Waals surface area (Å²) in [5, 5.41) is -1.33. The van der Waals surface area contributed by atoms with Crippen LogP contribution in [-0.4, -0.2) is 133 Å². The van der Waals surface area contributed by atoms with Crippen LogP contribution >= 0.6 is 0 Å². The maximum absolute atomic E-state index is 14.7. The average Bonchev–Trinajstić information content (AvgIpc) is 3.49. The van der Waals surface area contributed by atoms with Crippen LogP contribution in [0.2, 0.25) is 10.1 Å². The van der Waals surface area contributed by atoms with E-state index in [9.17, 15) is 28.8 Å². The highest BCUT2D eigenvalue weighted by atomic mass is 28.4. The molecule has 7 rings (SSSR count). The summed E-state index contributed by atoms with van der Waals surface area (Å²) in [6, 6.07) is 32.1. The lowest BCUT2D eigenvalue weighted by molar-refractivity contribution is -0.348. The molecule has 3 aliphatic heterocycles. The zero-order chi connectivity index (χ0) is 55.2. The summed E-state index contributed by atoms with van der Waals surface area (Å²) >= 11 is 0. The van der Waals surface area contributed by atoms with Crippen LogP contribution in [0.3, 0.4) is 0 Å². The van der Waals surface area contributed by atoms with E-state index in [1.165, 1.54) is 43.5 Å². The summed E-state index contributed by atoms with van der Waals surface area (Å²) in [4.78, 5) is 84.6. The van der Waals surface area contributed by atoms with Gasteiger partial charge in [-0.1, -0.05) is 114 Å². The van der Waals surface area contributed by atoms with Gasteiger partial charge < -0.3 is 56.2 Å². The van der Waals surface area contributed by atoms with Crippen molar-refractivity contribution in [3.05, 3.63) is 144 Å². The monoisotopic (exact) mass is 1070 g/mol. The quantitative estimate of drug-likeness (QED) is 0.0621. The minimum Gasteiger partial charge on any atom is -0.465 e. The van der Waals surface area contributed by atoms with E-state index in [0.717, 1.165) is 7.11 Å². The minimum atomic E-state index is -3.60. The zero-order valence-corrected chi connectivity index (χ0v) is 45.7. The molecule has 19 heteroatoms. The molecular weight excluding hydrogens is 1000 g/mol. The van der Waals surface area contributed by atoms with Crippen LogP contribution in [-0.2, 0) is 65.8 Å². The first kappa shape index (κ1) is 57.4. The second kappa shape index (κ2) is 23.5. The number of rotatable bonds is 15. The van der Waals surface area contributed by atoms with Crippen molar-refractivity contribution in [2.75, 3.05) is 27.4 Å². The number of carbonyl (C=O) groups is 6. The van der Waals surface area contributed by atoms with Gasteiger partial charge in [0.05, 0.1) is 47.8 Å². The van der Waals surface area contributed by atoms with Gasteiger partial charge in [0.25, 0.3) is 5.79 Å². The minimum absolute atomic E-state index is 0.0957. The fourth-order valence-corrected chi connectivity index (χ4v) is 14.7. The number of fused-ring (bicyclic) bond motifs is 1. The molecule has 0 radical (unpaired) electrons. The summed E-state index contributed by atoms with van der Waals surface area (Å²) in [7, 11) is -1.24. The van der Waals surface area contributed by atoms with Gasteiger partial charge in [0.15, 0.2) is 24.6 Å². The Labute approximate surface area is 444 Å². The molecular formula is C57H68O18Si. The molecule has 76 heavy (non-hydrogen) atoms. The lowest BCUT2D eigenvalue weighted by Gasteiger charge is -2.60. The summed E-state index contributed by atoms with van der Waals surface area (Å²) in [5.74, 6) is -7.57. The van der Waals surface area contributed by atoms with Crippen LogP contribution in [0.25, 0.3) is 0 Å². The third kappa shape index (κ3) is 12.6. The molecule has 3 fully saturated rings. The first-order valence-corrected chi connectivity index (χ1v) is 26.9. The number of methoxy groups -OCH3 is 2. The van der Waals surface area contributed by atoms with Crippen molar-refractivity contribution in [1.29, 1.82) is 0 Å². The Balaban J connectivity index is 1.34. The van der Waals surface area contributed by atoms with Crippen molar-refractivity contribution < 1.29 is 85.0 Å². The Bertz CT molecular complexity index is 2640. The average molecular weight is 1070 g/mol. The van der Waals surface area contributed by atoms with E-state index < -0.39 is 134 Å². The van der Waals surface area contributed by atoms with Gasteiger partial charge in [0.1, 0.15) is 37.1 Å². The normalized spacial score (nSPS) is 26.4. The topological polar surface area (TPSA) is 213 Å². The van der Waals surface area contributed by atoms with Crippen molar-refractivity contribution in [2.45, 2.75) is 140 Å². The first-order chi connectivity index (χ1) is 35.9. The highest BCUT2D eigenvalue weighted by molar-refractivity contribution is 6.73. The SMILES string of the molecule is COC(=O)C1(OC[C@H]2O[C@H](OC)[C@H](OC(=O)c3ccccc3)[C@@H](OC(=O)c3ccccc3)[C@@H]2OC(=O)c2ccccc2)C[C@@H](OC(=O)c2ccccc2)[C@H]2O[Si](C(C)(C)C)(C(C)(C)C)OC(COC(=O)C(C)(C)C)[C@H]2O1. The van der Waals surface area contributed by atoms with Gasteiger partial charge in [-0.25, -0.2) is 24.0 Å². The molecule has 0 aromatic heterocycles. The molecule has 0 bridgehead atoms. The van der Waals surface area contributed by atoms with Crippen LogP contribution in [0.1, 0.15) is 110 Å². The van der Waals surface area contributed by atoms with Crippen molar-refractivity contribution in [1.82, 2.24) is 0 Å². The fraction of sp³-hybridized carbons (Fsp3) is 0.474. The number of hydrogen-bond donors (Lipinski definition) is 0. The molecule has 0 aliphatic carbocycles. The lowest BCUT2D eigenvalue weighted by atomic mass is 9.91. The van der Waals surface area contributed by atoms with Crippen LogP contribution in [0.5, 0.6) is 0 Å². The van der Waals surface area contributed by atoms with Crippen molar-refractivity contribution in [3.63, 3.8) is 0 Å². The molecule has 2 unspecified atom stereocenters. The molecule has 3 saturated heterocycles. The van der Waals surface area contributed by atoms with Crippen LogP contribution in [0.4, 0.5) is 0 Å². The fourth-order valence-electron chi connectivity index (χ4n) is 9.64. The number of benzene rings is 4. The molecule has 4 aromatic carbocycles. The van der Waals surface area contributed by atoms with E-state index in [1.54, 1.807) is 106 Å². The molecule has 10 atom stereocenters. The van der Waals surface area contributed by atoms with Crippen LogP contribution < -0.4 is 0 Å². The summed E-state index contributed by atoms with van der Waals surface area (Å²) in [5.41, 5.74) is -0.405. The van der Waals surface area contributed by atoms with Gasteiger partial charge in [0, 0.05) is 17.2 Å². The molecule has 408 valence electrons. The summed E-state index contributed by atoms with van der Waals surface area (Å²) < 4.78 is 76.4. The number of esters is 6. The second-order valence-electron chi connectivity index (χ2n) is 21.8. The molecule has 3 aliphatic rings. The Morgan fingerprint density at radius 1 is 0.539 bits per heavy atom. The maximum atomic E-state index is 14.7. The van der Waals surface area contributed by atoms with Gasteiger partial charge in [-0.05, 0) is 69.3 Å². The van der Waals surface area contributed by atoms with Crippen molar-refractivity contribution >= 4 is 44.4 Å². The number of hydrogen-bond acceptors (Lipinski definition) is 18. The Hall–Kier alpha value is -6.32. The summed E-state index contributed by atoms with van der Waals surface area (Å²) in [6.45, 7) is 15.9. The smallest absolute Gasteiger partial charge is 0.366 e. The molecule has 0 saturated carbocycles. The molecule has 0 N–H and O–H groups in total. The van der Waals surface area contributed by atoms with E-state index in [-0.39, 0.29) is 28.9 Å². The molecule has 0 amide bonds. The van der Waals surface area contributed by atoms with E-state index >= 15 is 0 Å². The Morgan fingerprint density at radius 3 is 1.39 bits per heavy atom. The predicted octanol–water partition coefficient (Wildman–Crippen LogP) is 8.35. The van der Waals surface area contributed by atoms with E-state index in [4.69, 9.17) is 56.2 Å². The van der Waals surface area contributed by atoms with Gasteiger partial charge >= 0.3 is 44.4 Å². The van der Waals surface area contributed by atoms with Gasteiger partial charge in [0.2, 0.25) is 0 Å². The molecule has 3 heterocycles. The number of carbonyl (C=O) groups excluding carboxylic acids is 6. The third-order valence-corrected chi connectivity index (χ3v) is 18.5. The highest BCUT2D eigenvalue weighted by Gasteiger charge is 2.69. The molecule has 0 spiro atoms. The third-order valence-electron chi connectivity index (χ3n) is 13.3. The maximum Gasteiger partial charge on any atom is 0.366 e. The van der Waals surface area contributed by atoms with E-state index in [1.807, 2.05) is 41.5 Å². The molecule has 4 aromatic rings. The van der Waals surface area contributed by atoms with E-state index in [0.29, 0.717) is 0 Å². The molecule has 18 nitrogen and oxygen atoms in total. The lowest BCUT2D eigenvalue weighted by Crippen LogP contribution is -2.75.